The zero-order chi connectivity index (χ0) is 9.26. The molecular formula is C11H12N2. The van der Waals surface area contributed by atoms with Gasteiger partial charge in [-0.25, -0.2) is 0 Å². The summed E-state index contributed by atoms with van der Waals surface area (Å²) in [6.07, 6.45) is 4.10. The molecule has 0 aliphatic rings. The van der Waals surface area contributed by atoms with Crippen LogP contribution in [0.15, 0.2) is 36.7 Å². The Balaban J connectivity index is 2.46. The summed E-state index contributed by atoms with van der Waals surface area (Å²) in [7, 11) is 2.01. The monoisotopic (exact) mass is 172 g/mol. The number of hydrogen-bond acceptors (Lipinski definition) is 1. The normalized spacial score (nSPS) is 10.3. The molecule has 2 heterocycles. The molecule has 66 valence electrons. The van der Waals surface area contributed by atoms with Crippen LogP contribution >= 0.6 is 0 Å². The van der Waals surface area contributed by atoms with Crippen LogP contribution < -0.4 is 0 Å². The van der Waals surface area contributed by atoms with E-state index in [0.717, 1.165) is 11.4 Å². The first kappa shape index (κ1) is 8.05. The molecule has 0 saturated carbocycles. The smallest absolute Gasteiger partial charge is 0.0720 e. The average molecular weight is 172 g/mol. The van der Waals surface area contributed by atoms with E-state index in [2.05, 4.69) is 17.2 Å². The first-order chi connectivity index (χ1) is 6.25. The van der Waals surface area contributed by atoms with E-state index < -0.39 is 0 Å². The lowest BCUT2D eigenvalue weighted by Crippen LogP contribution is -1.84. The van der Waals surface area contributed by atoms with Gasteiger partial charge < -0.3 is 4.57 Å². The minimum Gasteiger partial charge on any atom is -0.357 e. The minimum absolute atomic E-state index is 1.04. The van der Waals surface area contributed by atoms with Crippen molar-refractivity contribution in [2.45, 2.75) is 6.92 Å². The third kappa shape index (κ3) is 1.61. The van der Waals surface area contributed by atoms with Crippen molar-refractivity contribution in [1.82, 2.24) is 9.55 Å². The van der Waals surface area contributed by atoms with Crippen LogP contribution in [0.1, 0.15) is 5.69 Å². The molecule has 0 N–H and O–H groups in total. The minimum atomic E-state index is 1.04. The van der Waals surface area contributed by atoms with Crippen LogP contribution in [-0.4, -0.2) is 9.55 Å². The highest BCUT2D eigenvalue weighted by Gasteiger charge is 1.99. The Bertz CT molecular complexity index is 416. The number of aromatic nitrogens is 2. The maximum Gasteiger partial charge on any atom is 0.0720 e. The number of nitrogens with zero attached hydrogens (tertiary/aromatic N) is 2. The fraction of sp³-hybridized carbons (Fsp3) is 0.182. The van der Waals surface area contributed by atoms with Gasteiger partial charge in [0, 0.05) is 30.7 Å². The summed E-state index contributed by atoms with van der Waals surface area (Å²) in [4.78, 5) is 4.44. The zero-order valence-electron chi connectivity index (χ0n) is 7.86. The first-order valence-electron chi connectivity index (χ1n) is 4.32. The van der Waals surface area contributed by atoms with E-state index in [1.807, 2.05) is 42.9 Å². The van der Waals surface area contributed by atoms with Crippen LogP contribution in [0.5, 0.6) is 0 Å². The predicted molar refractivity (Wildman–Crippen MR) is 53.4 cm³/mol. The molecule has 2 rings (SSSR count). The lowest BCUT2D eigenvalue weighted by atomic mass is 10.2. The van der Waals surface area contributed by atoms with Gasteiger partial charge in [-0.3, -0.25) is 4.98 Å². The van der Waals surface area contributed by atoms with Gasteiger partial charge in [-0.05, 0) is 25.1 Å². The highest BCUT2D eigenvalue weighted by Crippen LogP contribution is 2.16. The molecule has 2 heteroatoms. The third-order valence-electron chi connectivity index (χ3n) is 2.02. The summed E-state index contributed by atoms with van der Waals surface area (Å²) >= 11 is 0. The van der Waals surface area contributed by atoms with Crippen molar-refractivity contribution in [3.63, 3.8) is 0 Å². The molecule has 0 spiro atoms. The topological polar surface area (TPSA) is 17.8 Å². The maximum absolute atomic E-state index is 4.44. The Morgan fingerprint density at radius 3 is 2.69 bits per heavy atom. The molecule has 0 saturated heterocycles. The number of pyridine rings is 1. The van der Waals surface area contributed by atoms with Gasteiger partial charge in [-0.15, -0.1) is 0 Å². The van der Waals surface area contributed by atoms with Crippen LogP contribution in [0.3, 0.4) is 0 Å². The van der Waals surface area contributed by atoms with Crippen LogP contribution in [0.2, 0.25) is 0 Å². The summed E-state index contributed by atoms with van der Waals surface area (Å²) in [6.45, 7) is 2.01. The number of rotatable bonds is 1. The van der Waals surface area contributed by atoms with Crippen molar-refractivity contribution in [1.29, 1.82) is 0 Å². The molecule has 0 amide bonds. The van der Waals surface area contributed by atoms with Crippen LogP contribution in [0.4, 0.5) is 0 Å². The van der Waals surface area contributed by atoms with E-state index in [-0.39, 0.29) is 0 Å². The maximum atomic E-state index is 4.44. The van der Waals surface area contributed by atoms with Gasteiger partial charge in [0.1, 0.15) is 0 Å². The van der Waals surface area contributed by atoms with E-state index in [1.165, 1.54) is 5.56 Å². The van der Waals surface area contributed by atoms with Gasteiger partial charge >= 0.3 is 0 Å². The van der Waals surface area contributed by atoms with E-state index in [4.69, 9.17) is 0 Å². The van der Waals surface area contributed by atoms with Crippen LogP contribution in [-0.2, 0) is 7.05 Å². The molecule has 0 atom stereocenters. The van der Waals surface area contributed by atoms with Gasteiger partial charge in [0.2, 0.25) is 0 Å². The quantitative estimate of drug-likeness (QED) is 0.645. The molecule has 0 aliphatic heterocycles. The lowest BCUT2D eigenvalue weighted by Gasteiger charge is -1.97. The summed E-state index contributed by atoms with van der Waals surface area (Å²) < 4.78 is 2.03. The molecular weight excluding hydrogens is 160 g/mol. The van der Waals surface area contributed by atoms with Gasteiger partial charge in [-0.2, -0.15) is 0 Å². The SMILES string of the molecule is Cc1cccc(-c2ccn(C)c2)n1. The summed E-state index contributed by atoms with van der Waals surface area (Å²) in [5, 5.41) is 0. The van der Waals surface area contributed by atoms with Gasteiger partial charge in [-0.1, -0.05) is 6.07 Å². The summed E-state index contributed by atoms with van der Waals surface area (Å²) in [6, 6.07) is 8.14. The molecule has 0 aliphatic carbocycles. The van der Waals surface area contributed by atoms with E-state index >= 15 is 0 Å². The second-order valence-corrected chi connectivity index (χ2v) is 3.23. The van der Waals surface area contributed by atoms with Crippen molar-refractivity contribution in [3.8, 4) is 11.3 Å². The second-order valence-electron chi connectivity index (χ2n) is 3.23. The predicted octanol–water partition coefficient (Wildman–Crippen LogP) is 2.40. The largest absolute Gasteiger partial charge is 0.357 e. The highest BCUT2D eigenvalue weighted by molar-refractivity contribution is 5.58. The van der Waals surface area contributed by atoms with Crippen LogP contribution in [0.25, 0.3) is 11.3 Å². The van der Waals surface area contributed by atoms with E-state index in [1.54, 1.807) is 0 Å². The fourth-order valence-corrected chi connectivity index (χ4v) is 1.36. The van der Waals surface area contributed by atoms with Crippen molar-refractivity contribution in [3.05, 3.63) is 42.4 Å². The van der Waals surface area contributed by atoms with E-state index in [0.29, 0.717) is 0 Å². The number of hydrogen-bond donors (Lipinski definition) is 0. The van der Waals surface area contributed by atoms with Crippen molar-refractivity contribution >= 4 is 0 Å². The molecule has 0 radical (unpaired) electrons. The second kappa shape index (κ2) is 3.05. The van der Waals surface area contributed by atoms with Gasteiger partial charge in [0.15, 0.2) is 0 Å². The molecule has 0 unspecified atom stereocenters. The standard InChI is InChI=1S/C11H12N2/c1-9-4-3-5-11(12-9)10-6-7-13(2)8-10/h3-8H,1-2H3. The first-order valence-corrected chi connectivity index (χ1v) is 4.32. The fourth-order valence-electron chi connectivity index (χ4n) is 1.36. The Kier molecular flexibility index (Phi) is 1.89. The van der Waals surface area contributed by atoms with Crippen molar-refractivity contribution in [2.75, 3.05) is 0 Å². The molecule has 0 aromatic carbocycles. The Labute approximate surface area is 77.9 Å². The summed E-state index contributed by atoms with van der Waals surface area (Å²) in [5.41, 5.74) is 3.27. The molecule has 2 aromatic rings. The van der Waals surface area contributed by atoms with Crippen LogP contribution in [0, 0.1) is 6.92 Å². The molecule has 2 nitrogen and oxygen atoms in total. The Morgan fingerprint density at radius 2 is 2.08 bits per heavy atom. The van der Waals surface area contributed by atoms with Crippen molar-refractivity contribution in [2.24, 2.45) is 7.05 Å². The van der Waals surface area contributed by atoms with Crippen molar-refractivity contribution < 1.29 is 0 Å². The summed E-state index contributed by atoms with van der Waals surface area (Å²) in [5.74, 6) is 0. The number of aryl methyl sites for hydroxylation is 2. The Morgan fingerprint density at radius 1 is 1.23 bits per heavy atom. The van der Waals surface area contributed by atoms with Gasteiger partial charge in [0.25, 0.3) is 0 Å². The van der Waals surface area contributed by atoms with Gasteiger partial charge in [0.05, 0.1) is 5.69 Å². The Hall–Kier alpha value is -1.57. The average Bonchev–Trinajstić information content (AvgIpc) is 2.52. The third-order valence-corrected chi connectivity index (χ3v) is 2.02. The lowest BCUT2D eigenvalue weighted by molar-refractivity contribution is 0.928. The molecule has 0 bridgehead atoms. The molecule has 13 heavy (non-hydrogen) atoms. The molecule has 2 aromatic heterocycles. The van der Waals surface area contributed by atoms with E-state index in [9.17, 15) is 0 Å². The highest BCUT2D eigenvalue weighted by atomic mass is 14.9. The zero-order valence-corrected chi connectivity index (χ0v) is 7.86. The molecule has 0 fully saturated rings.